The molecule has 1 saturated heterocycles. The molecule has 0 aromatic carbocycles. The molecular formula is C14H26O2. The van der Waals surface area contributed by atoms with Crippen molar-refractivity contribution >= 4 is 0 Å². The third-order valence-corrected chi connectivity index (χ3v) is 4.18. The van der Waals surface area contributed by atoms with Gasteiger partial charge in [-0.25, -0.2) is 0 Å². The Morgan fingerprint density at radius 3 is 2.62 bits per heavy atom. The first-order valence-corrected chi connectivity index (χ1v) is 6.94. The minimum Gasteiger partial charge on any atom is -0.353 e. The lowest BCUT2D eigenvalue weighted by Gasteiger charge is -2.38. The van der Waals surface area contributed by atoms with Crippen LogP contribution in [0.3, 0.4) is 0 Å². The standard InChI is InChI=1S/C14H26O2/c1-10(2)12-7-6-11(3)9-13(12)16-14-5-4-8-15-14/h10-14H,4-9H2,1-3H3/t11-,12+,13-,14?/m1/s1. The van der Waals surface area contributed by atoms with Crippen molar-refractivity contribution in [2.45, 2.75) is 65.3 Å². The minimum atomic E-state index is 0.0940. The monoisotopic (exact) mass is 226 g/mol. The highest BCUT2D eigenvalue weighted by Crippen LogP contribution is 2.36. The molecule has 1 saturated carbocycles. The molecule has 1 heterocycles. The normalized spacial score (nSPS) is 40.5. The van der Waals surface area contributed by atoms with Gasteiger partial charge in [0.05, 0.1) is 6.10 Å². The van der Waals surface area contributed by atoms with E-state index in [9.17, 15) is 0 Å². The molecule has 0 bridgehead atoms. The fourth-order valence-corrected chi connectivity index (χ4v) is 3.12. The summed E-state index contributed by atoms with van der Waals surface area (Å²) in [6.45, 7) is 7.89. The molecule has 0 aromatic heterocycles. The summed E-state index contributed by atoms with van der Waals surface area (Å²) in [5, 5.41) is 0. The van der Waals surface area contributed by atoms with E-state index in [4.69, 9.17) is 9.47 Å². The van der Waals surface area contributed by atoms with Gasteiger partial charge in [-0.2, -0.15) is 0 Å². The van der Waals surface area contributed by atoms with Crippen molar-refractivity contribution in [2.24, 2.45) is 17.8 Å². The minimum absolute atomic E-state index is 0.0940. The summed E-state index contributed by atoms with van der Waals surface area (Å²) in [7, 11) is 0. The van der Waals surface area contributed by atoms with Gasteiger partial charge >= 0.3 is 0 Å². The van der Waals surface area contributed by atoms with Gasteiger partial charge in [-0.05, 0) is 37.0 Å². The smallest absolute Gasteiger partial charge is 0.158 e. The highest BCUT2D eigenvalue weighted by molar-refractivity contribution is 4.82. The SMILES string of the molecule is CC(C)[C@@H]1CC[C@@H](C)C[C@H]1OC1CCCO1. The molecule has 0 N–H and O–H groups in total. The Hall–Kier alpha value is -0.0800. The number of ether oxygens (including phenoxy) is 2. The molecule has 2 rings (SSSR count). The first kappa shape index (κ1) is 12.4. The molecule has 94 valence electrons. The predicted octanol–water partition coefficient (Wildman–Crippen LogP) is 3.60. The number of hydrogen-bond donors (Lipinski definition) is 0. The van der Waals surface area contributed by atoms with Crippen LogP contribution in [0.4, 0.5) is 0 Å². The van der Waals surface area contributed by atoms with E-state index in [2.05, 4.69) is 20.8 Å². The van der Waals surface area contributed by atoms with Gasteiger partial charge in [-0.15, -0.1) is 0 Å². The van der Waals surface area contributed by atoms with Crippen LogP contribution in [-0.4, -0.2) is 19.0 Å². The van der Waals surface area contributed by atoms with Crippen molar-refractivity contribution in [3.05, 3.63) is 0 Å². The second kappa shape index (κ2) is 5.50. The number of rotatable bonds is 3. The van der Waals surface area contributed by atoms with E-state index in [0.29, 0.717) is 6.10 Å². The van der Waals surface area contributed by atoms with Crippen LogP contribution >= 0.6 is 0 Å². The largest absolute Gasteiger partial charge is 0.353 e. The second-order valence-corrected chi connectivity index (χ2v) is 5.94. The lowest BCUT2D eigenvalue weighted by Crippen LogP contribution is -2.36. The Morgan fingerprint density at radius 1 is 1.19 bits per heavy atom. The fraction of sp³-hybridized carbons (Fsp3) is 1.00. The molecule has 1 aliphatic carbocycles. The Morgan fingerprint density at radius 2 is 2.00 bits per heavy atom. The molecule has 2 heteroatoms. The molecule has 4 atom stereocenters. The van der Waals surface area contributed by atoms with E-state index in [-0.39, 0.29) is 6.29 Å². The lowest BCUT2D eigenvalue weighted by atomic mass is 9.75. The van der Waals surface area contributed by atoms with Crippen molar-refractivity contribution in [3.8, 4) is 0 Å². The van der Waals surface area contributed by atoms with Crippen LogP contribution in [0.5, 0.6) is 0 Å². The van der Waals surface area contributed by atoms with Crippen molar-refractivity contribution in [1.29, 1.82) is 0 Å². The summed E-state index contributed by atoms with van der Waals surface area (Å²) in [6, 6.07) is 0. The van der Waals surface area contributed by atoms with E-state index >= 15 is 0 Å². The topological polar surface area (TPSA) is 18.5 Å². The van der Waals surface area contributed by atoms with Gasteiger partial charge in [0.2, 0.25) is 0 Å². The van der Waals surface area contributed by atoms with Crippen LogP contribution in [-0.2, 0) is 9.47 Å². The average Bonchev–Trinajstić information content (AvgIpc) is 2.70. The Kier molecular flexibility index (Phi) is 4.26. The fourth-order valence-electron chi connectivity index (χ4n) is 3.12. The summed E-state index contributed by atoms with van der Waals surface area (Å²) in [5.41, 5.74) is 0. The van der Waals surface area contributed by atoms with Crippen LogP contribution in [0.15, 0.2) is 0 Å². The van der Waals surface area contributed by atoms with Crippen molar-refractivity contribution < 1.29 is 9.47 Å². The van der Waals surface area contributed by atoms with Crippen molar-refractivity contribution in [3.63, 3.8) is 0 Å². The molecule has 0 amide bonds. The summed E-state index contributed by atoms with van der Waals surface area (Å²) in [6.07, 6.45) is 6.71. The summed E-state index contributed by atoms with van der Waals surface area (Å²) in [4.78, 5) is 0. The molecule has 1 unspecified atom stereocenters. The van der Waals surface area contributed by atoms with E-state index in [1.807, 2.05) is 0 Å². The van der Waals surface area contributed by atoms with Crippen LogP contribution in [0, 0.1) is 17.8 Å². The molecule has 2 aliphatic rings. The molecule has 0 aromatic rings. The predicted molar refractivity (Wildman–Crippen MR) is 65.2 cm³/mol. The summed E-state index contributed by atoms with van der Waals surface area (Å²) < 4.78 is 11.8. The zero-order valence-electron chi connectivity index (χ0n) is 10.9. The Bertz CT molecular complexity index is 209. The molecule has 16 heavy (non-hydrogen) atoms. The Labute approximate surface area is 99.7 Å². The molecule has 1 aliphatic heterocycles. The number of hydrogen-bond acceptors (Lipinski definition) is 2. The van der Waals surface area contributed by atoms with Crippen LogP contribution < -0.4 is 0 Å². The molecule has 0 radical (unpaired) electrons. The van der Waals surface area contributed by atoms with E-state index in [1.54, 1.807) is 0 Å². The molecular weight excluding hydrogens is 200 g/mol. The van der Waals surface area contributed by atoms with Gasteiger partial charge in [0.15, 0.2) is 6.29 Å². The lowest BCUT2D eigenvalue weighted by molar-refractivity contribution is -0.174. The van der Waals surface area contributed by atoms with Gasteiger partial charge in [0, 0.05) is 13.0 Å². The third kappa shape index (κ3) is 2.98. The first-order chi connectivity index (χ1) is 7.66. The third-order valence-electron chi connectivity index (χ3n) is 4.18. The highest BCUT2D eigenvalue weighted by Gasteiger charge is 2.33. The van der Waals surface area contributed by atoms with Gasteiger partial charge in [-0.1, -0.05) is 27.2 Å². The highest BCUT2D eigenvalue weighted by atomic mass is 16.7. The molecule has 2 fully saturated rings. The van der Waals surface area contributed by atoms with E-state index in [1.165, 1.54) is 25.7 Å². The van der Waals surface area contributed by atoms with Crippen molar-refractivity contribution in [1.82, 2.24) is 0 Å². The maximum atomic E-state index is 6.17. The van der Waals surface area contributed by atoms with Crippen molar-refractivity contribution in [2.75, 3.05) is 6.61 Å². The quantitative estimate of drug-likeness (QED) is 0.732. The Balaban J connectivity index is 1.91. The first-order valence-electron chi connectivity index (χ1n) is 6.94. The van der Waals surface area contributed by atoms with Crippen LogP contribution in [0.2, 0.25) is 0 Å². The summed E-state index contributed by atoms with van der Waals surface area (Å²) in [5.74, 6) is 2.29. The van der Waals surface area contributed by atoms with Gasteiger partial charge in [0.1, 0.15) is 0 Å². The average molecular weight is 226 g/mol. The molecule has 0 spiro atoms. The van der Waals surface area contributed by atoms with Gasteiger partial charge in [0.25, 0.3) is 0 Å². The van der Waals surface area contributed by atoms with Gasteiger partial charge < -0.3 is 9.47 Å². The van der Waals surface area contributed by atoms with E-state index < -0.39 is 0 Å². The maximum absolute atomic E-state index is 6.17. The summed E-state index contributed by atoms with van der Waals surface area (Å²) >= 11 is 0. The zero-order chi connectivity index (χ0) is 11.5. The van der Waals surface area contributed by atoms with Crippen LogP contribution in [0.25, 0.3) is 0 Å². The zero-order valence-corrected chi connectivity index (χ0v) is 10.9. The van der Waals surface area contributed by atoms with Crippen LogP contribution in [0.1, 0.15) is 52.9 Å². The van der Waals surface area contributed by atoms with Gasteiger partial charge in [-0.3, -0.25) is 0 Å². The maximum Gasteiger partial charge on any atom is 0.158 e. The second-order valence-electron chi connectivity index (χ2n) is 5.94. The van der Waals surface area contributed by atoms with E-state index in [0.717, 1.165) is 30.8 Å². The molecule has 2 nitrogen and oxygen atoms in total.